The van der Waals surface area contributed by atoms with Crippen LogP contribution >= 0.6 is 11.6 Å². The van der Waals surface area contributed by atoms with E-state index in [9.17, 15) is 17.6 Å². The molecular weight excluding hydrogens is 515 g/mol. The average molecular weight is 541 g/mol. The van der Waals surface area contributed by atoms with Gasteiger partial charge in [0, 0.05) is 29.8 Å². The number of hydrogen-bond donors (Lipinski definition) is 2. The van der Waals surface area contributed by atoms with Gasteiger partial charge in [0.15, 0.2) is 0 Å². The van der Waals surface area contributed by atoms with Gasteiger partial charge in [0.2, 0.25) is 0 Å². The number of hydrogen-bond acceptors (Lipinski definition) is 6. The van der Waals surface area contributed by atoms with Crippen LogP contribution in [0.4, 0.5) is 15.8 Å². The Hall–Kier alpha value is -3.43. The molecule has 37 heavy (non-hydrogen) atoms. The molecule has 1 aliphatic heterocycles. The van der Waals surface area contributed by atoms with Gasteiger partial charge >= 0.3 is 0 Å². The molecule has 2 unspecified atom stereocenters. The van der Waals surface area contributed by atoms with Crippen LogP contribution in [0, 0.1) is 11.7 Å². The number of carbonyl (C=O) groups is 1. The minimum absolute atomic E-state index is 0.0451. The van der Waals surface area contributed by atoms with Crippen LogP contribution in [0.3, 0.4) is 0 Å². The van der Waals surface area contributed by atoms with Crippen LogP contribution in [-0.4, -0.2) is 38.6 Å². The topological polar surface area (TPSA) is 105 Å². The van der Waals surface area contributed by atoms with E-state index in [1.165, 1.54) is 12.1 Å². The lowest BCUT2D eigenvalue weighted by atomic mass is 9.77. The molecule has 1 aliphatic carbocycles. The lowest BCUT2D eigenvalue weighted by Crippen LogP contribution is -2.30. The van der Waals surface area contributed by atoms with Crippen LogP contribution in [0.1, 0.15) is 39.5 Å². The number of sulfone groups is 1. The molecular formula is C27H26ClFN4O3S. The Bertz CT molecular complexity index is 1510. The summed E-state index contributed by atoms with van der Waals surface area (Å²) >= 11 is 6.33. The van der Waals surface area contributed by atoms with Crippen LogP contribution in [0.15, 0.2) is 65.8 Å². The highest BCUT2D eigenvalue weighted by atomic mass is 35.5. The lowest BCUT2D eigenvalue weighted by Gasteiger charge is -2.31. The first-order valence-corrected chi connectivity index (χ1v) is 14.3. The number of rotatable bonds is 6. The standard InChI is InChI=1S/C27H26ClFN4O3S/c1-37(35,36)13-12-31-27(34)18-5-9-21-17(14-18)4-10-22-25(21)32-33(20-8-11-24(30)23(28)15-20)26(22)16-2-6-19(29)7-3-16/h2-3,5-9,11,14-15,22,26H,4,10,12-13,30H2,1H3,(H,31,34). The van der Waals surface area contributed by atoms with Crippen LogP contribution in [0.25, 0.3) is 0 Å². The molecule has 0 aromatic heterocycles. The van der Waals surface area contributed by atoms with Crippen molar-refractivity contribution in [3.8, 4) is 0 Å². The zero-order valence-corrected chi connectivity index (χ0v) is 21.7. The monoisotopic (exact) mass is 540 g/mol. The number of nitrogen functional groups attached to an aromatic ring is 1. The Balaban J connectivity index is 1.49. The van der Waals surface area contributed by atoms with Gasteiger partial charge < -0.3 is 11.1 Å². The lowest BCUT2D eigenvalue weighted by molar-refractivity contribution is 0.0956. The fourth-order valence-electron chi connectivity index (χ4n) is 4.99. The number of hydrazone groups is 1. The number of nitrogens with two attached hydrogens (primary N) is 1. The maximum atomic E-state index is 13.7. The van der Waals surface area contributed by atoms with Gasteiger partial charge in [0.05, 0.1) is 33.9 Å². The second-order valence-electron chi connectivity index (χ2n) is 9.43. The second-order valence-corrected chi connectivity index (χ2v) is 12.1. The van der Waals surface area contributed by atoms with Crippen molar-refractivity contribution in [1.29, 1.82) is 0 Å². The number of anilines is 2. The molecule has 2 aliphatic rings. The summed E-state index contributed by atoms with van der Waals surface area (Å²) < 4.78 is 36.4. The average Bonchev–Trinajstić information content (AvgIpc) is 3.25. The normalized spacial score (nSPS) is 18.7. The minimum Gasteiger partial charge on any atom is -0.398 e. The first-order chi connectivity index (χ1) is 17.6. The number of amides is 1. The maximum Gasteiger partial charge on any atom is 0.251 e. The summed E-state index contributed by atoms with van der Waals surface area (Å²) in [6, 6.07) is 17.2. The molecule has 0 saturated heterocycles. The molecule has 0 saturated carbocycles. The molecule has 0 radical (unpaired) electrons. The van der Waals surface area contributed by atoms with Crippen molar-refractivity contribution in [2.24, 2.45) is 11.0 Å². The van der Waals surface area contributed by atoms with Crippen molar-refractivity contribution < 1.29 is 17.6 Å². The van der Waals surface area contributed by atoms with E-state index in [1.807, 2.05) is 23.2 Å². The predicted octanol–water partition coefficient (Wildman–Crippen LogP) is 4.36. The summed E-state index contributed by atoms with van der Waals surface area (Å²) in [7, 11) is -3.16. The molecule has 2 atom stereocenters. The molecule has 7 nitrogen and oxygen atoms in total. The summed E-state index contributed by atoms with van der Waals surface area (Å²) in [5.41, 5.74) is 11.4. The first kappa shape index (κ1) is 25.2. The van der Waals surface area contributed by atoms with Gasteiger partial charge in [-0.2, -0.15) is 5.10 Å². The number of aryl methyl sites for hydroxylation is 1. The molecule has 5 rings (SSSR count). The SMILES string of the molecule is CS(=O)(=O)CCNC(=O)c1ccc2c(c1)CCC1C2=NN(c2ccc(N)c(Cl)c2)C1c1ccc(F)cc1. The highest BCUT2D eigenvalue weighted by Crippen LogP contribution is 2.46. The van der Waals surface area contributed by atoms with Crippen molar-refractivity contribution in [1.82, 2.24) is 5.32 Å². The van der Waals surface area contributed by atoms with E-state index in [0.29, 0.717) is 16.3 Å². The number of fused-ring (bicyclic) bond motifs is 3. The van der Waals surface area contributed by atoms with Crippen LogP contribution in [0.2, 0.25) is 5.02 Å². The van der Waals surface area contributed by atoms with Crippen molar-refractivity contribution >= 4 is 44.4 Å². The second kappa shape index (κ2) is 9.79. The largest absolute Gasteiger partial charge is 0.398 e. The van der Waals surface area contributed by atoms with Gasteiger partial charge in [-0.15, -0.1) is 0 Å². The fourth-order valence-corrected chi connectivity index (χ4v) is 5.63. The Kier molecular flexibility index (Phi) is 6.68. The van der Waals surface area contributed by atoms with E-state index in [-0.39, 0.29) is 36.0 Å². The summed E-state index contributed by atoms with van der Waals surface area (Å²) in [6.07, 6.45) is 2.65. The summed E-state index contributed by atoms with van der Waals surface area (Å²) in [6.45, 7) is 0.0575. The summed E-state index contributed by atoms with van der Waals surface area (Å²) in [4.78, 5) is 12.6. The van der Waals surface area contributed by atoms with E-state index >= 15 is 0 Å². The molecule has 0 fully saturated rings. The van der Waals surface area contributed by atoms with E-state index in [1.54, 1.807) is 30.3 Å². The number of carbonyl (C=O) groups excluding carboxylic acids is 1. The number of nitrogens with one attached hydrogen (secondary N) is 1. The van der Waals surface area contributed by atoms with Gasteiger partial charge in [-0.3, -0.25) is 9.80 Å². The molecule has 1 heterocycles. The van der Waals surface area contributed by atoms with Crippen LogP contribution < -0.4 is 16.1 Å². The number of nitrogens with zero attached hydrogens (tertiary/aromatic N) is 2. The zero-order chi connectivity index (χ0) is 26.3. The third kappa shape index (κ3) is 5.19. The Labute approximate surface area is 220 Å². The van der Waals surface area contributed by atoms with Crippen molar-refractivity contribution in [3.63, 3.8) is 0 Å². The summed E-state index contributed by atoms with van der Waals surface area (Å²) in [5, 5.41) is 10.0. The maximum absolute atomic E-state index is 13.7. The van der Waals surface area contributed by atoms with E-state index in [4.69, 9.17) is 22.4 Å². The van der Waals surface area contributed by atoms with Crippen LogP contribution in [-0.2, 0) is 16.3 Å². The zero-order valence-electron chi connectivity index (χ0n) is 20.1. The number of benzene rings is 3. The Morgan fingerprint density at radius 2 is 1.92 bits per heavy atom. The molecule has 0 spiro atoms. The highest BCUT2D eigenvalue weighted by Gasteiger charge is 2.42. The van der Waals surface area contributed by atoms with Gasteiger partial charge in [-0.1, -0.05) is 29.8 Å². The molecule has 3 aromatic rings. The van der Waals surface area contributed by atoms with E-state index < -0.39 is 9.84 Å². The molecule has 3 N–H and O–H groups in total. The van der Waals surface area contributed by atoms with Crippen molar-refractivity contribution in [2.75, 3.05) is 29.3 Å². The smallest absolute Gasteiger partial charge is 0.251 e. The first-order valence-electron chi connectivity index (χ1n) is 11.9. The quantitative estimate of drug-likeness (QED) is 0.452. The van der Waals surface area contributed by atoms with Gasteiger partial charge in [0.25, 0.3) is 5.91 Å². The predicted molar refractivity (Wildman–Crippen MR) is 144 cm³/mol. The van der Waals surface area contributed by atoms with Crippen molar-refractivity contribution in [3.05, 3.63) is 93.8 Å². The Morgan fingerprint density at radius 1 is 1.16 bits per heavy atom. The highest BCUT2D eigenvalue weighted by molar-refractivity contribution is 7.90. The molecule has 3 aromatic carbocycles. The van der Waals surface area contributed by atoms with Crippen LogP contribution in [0.5, 0.6) is 0 Å². The van der Waals surface area contributed by atoms with Gasteiger partial charge in [-0.05, 0) is 66.4 Å². The third-order valence-electron chi connectivity index (χ3n) is 6.80. The molecule has 0 bridgehead atoms. The van der Waals surface area contributed by atoms with E-state index in [2.05, 4.69) is 5.32 Å². The molecule has 1 amide bonds. The minimum atomic E-state index is -3.16. The van der Waals surface area contributed by atoms with Crippen molar-refractivity contribution in [2.45, 2.75) is 18.9 Å². The molecule has 192 valence electrons. The van der Waals surface area contributed by atoms with E-state index in [0.717, 1.165) is 47.2 Å². The third-order valence-corrected chi connectivity index (χ3v) is 8.07. The number of halogens is 2. The van der Waals surface area contributed by atoms with Gasteiger partial charge in [-0.25, -0.2) is 12.8 Å². The van der Waals surface area contributed by atoms with Gasteiger partial charge in [0.1, 0.15) is 15.7 Å². The fraction of sp³-hybridized carbons (Fsp3) is 0.259. The summed E-state index contributed by atoms with van der Waals surface area (Å²) in [5.74, 6) is -0.688. The Morgan fingerprint density at radius 3 is 2.62 bits per heavy atom. The molecule has 10 heteroatoms.